The Bertz CT molecular complexity index is 1400. The Kier molecular flexibility index (Phi) is 7.50. The van der Waals surface area contributed by atoms with Gasteiger partial charge in [-0.1, -0.05) is 29.8 Å². The number of carbonyl (C=O) groups is 3. The lowest BCUT2D eigenvalue weighted by Gasteiger charge is -2.26. The lowest BCUT2D eigenvalue weighted by molar-refractivity contribution is -0.132. The number of aliphatic hydroxyl groups is 1. The van der Waals surface area contributed by atoms with Crippen molar-refractivity contribution in [1.29, 1.82) is 0 Å². The molecule has 8 nitrogen and oxygen atoms in total. The van der Waals surface area contributed by atoms with E-state index in [1.807, 2.05) is 6.92 Å². The highest BCUT2D eigenvalue weighted by Gasteiger charge is 2.47. The Labute approximate surface area is 218 Å². The Hall–Kier alpha value is -4.30. The molecule has 4 rings (SSSR count). The summed E-state index contributed by atoms with van der Waals surface area (Å²) in [7, 11) is 2.77. The van der Waals surface area contributed by atoms with Crippen molar-refractivity contribution in [3.8, 4) is 11.5 Å². The number of anilines is 1. The predicted octanol–water partition coefficient (Wildman–Crippen LogP) is 5.16. The van der Waals surface area contributed by atoms with E-state index in [4.69, 9.17) is 25.8 Å². The highest BCUT2D eigenvalue weighted by atomic mass is 35.5. The molecule has 1 aliphatic heterocycles. The number of amides is 1. The van der Waals surface area contributed by atoms with Crippen LogP contribution in [0.25, 0.3) is 5.76 Å². The monoisotopic (exact) mass is 521 g/mol. The molecule has 37 heavy (non-hydrogen) atoms. The molecule has 3 aromatic rings. The van der Waals surface area contributed by atoms with Crippen molar-refractivity contribution in [2.45, 2.75) is 13.0 Å². The van der Waals surface area contributed by atoms with Gasteiger partial charge in [0.05, 0.1) is 43.0 Å². The number of esters is 1. The summed E-state index contributed by atoms with van der Waals surface area (Å²) in [6.45, 7) is 2.19. The number of rotatable bonds is 7. The second kappa shape index (κ2) is 10.8. The second-order valence-corrected chi connectivity index (χ2v) is 8.47. The molecule has 0 bridgehead atoms. The van der Waals surface area contributed by atoms with Crippen LogP contribution in [0.2, 0.25) is 5.02 Å². The van der Waals surface area contributed by atoms with Crippen LogP contribution in [0.15, 0.2) is 72.3 Å². The molecule has 1 unspecified atom stereocenters. The quantitative estimate of drug-likeness (QED) is 0.198. The third kappa shape index (κ3) is 4.88. The zero-order valence-electron chi connectivity index (χ0n) is 20.4. The molecule has 0 aliphatic carbocycles. The lowest BCUT2D eigenvalue weighted by Crippen LogP contribution is -2.29. The van der Waals surface area contributed by atoms with E-state index in [0.717, 1.165) is 0 Å². The van der Waals surface area contributed by atoms with Crippen molar-refractivity contribution in [2.24, 2.45) is 0 Å². The maximum atomic E-state index is 13.4. The standard InChI is InChI=1S/C28H24ClNO7/c1-4-37-20-12-13-22(29)21(15-20)25(31)23-24(16-8-10-19(35-2)11-9-16)30(27(33)26(23)32)18-7-5-6-17(14-18)28(34)36-3/h5-15,24,31H,4H2,1-3H3/b25-23+. The predicted molar refractivity (Wildman–Crippen MR) is 138 cm³/mol. The number of benzene rings is 3. The summed E-state index contributed by atoms with van der Waals surface area (Å²) < 4.78 is 15.6. The molecule has 1 N–H and O–H groups in total. The molecule has 9 heteroatoms. The molecule has 1 atom stereocenters. The molecular weight excluding hydrogens is 498 g/mol. The summed E-state index contributed by atoms with van der Waals surface area (Å²) in [5.74, 6) is -1.81. The van der Waals surface area contributed by atoms with Crippen molar-refractivity contribution in [1.82, 2.24) is 0 Å². The average molecular weight is 522 g/mol. The van der Waals surface area contributed by atoms with E-state index in [1.54, 1.807) is 48.5 Å². The first kappa shape index (κ1) is 25.8. The van der Waals surface area contributed by atoms with Crippen molar-refractivity contribution >= 4 is 40.7 Å². The van der Waals surface area contributed by atoms with Crippen LogP contribution in [0.1, 0.15) is 34.5 Å². The zero-order chi connectivity index (χ0) is 26.7. The SMILES string of the molecule is CCOc1ccc(Cl)c(/C(O)=C2\C(=O)C(=O)N(c3cccc(C(=O)OC)c3)C2c2ccc(OC)cc2)c1. The zero-order valence-corrected chi connectivity index (χ0v) is 21.1. The normalized spacial score (nSPS) is 16.5. The molecule has 190 valence electrons. The van der Waals surface area contributed by atoms with Crippen LogP contribution in [0.3, 0.4) is 0 Å². The summed E-state index contributed by atoms with van der Waals surface area (Å²) in [4.78, 5) is 40.2. The van der Waals surface area contributed by atoms with E-state index in [2.05, 4.69) is 0 Å². The number of ether oxygens (including phenoxy) is 3. The number of hydrogen-bond acceptors (Lipinski definition) is 7. The Morgan fingerprint density at radius 1 is 1.00 bits per heavy atom. The van der Waals surface area contributed by atoms with E-state index < -0.39 is 29.5 Å². The fourth-order valence-electron chi connectivity index (χ4n) is 4.19. The highest BCUT2D eigenvalue weighted by Crippen LogP contribution is 2.43. The van der Waals surface area contributed by atoms with Crippen LogP contribution in [0.5, 0.6) is 11.5 Å². The molecule has 0 saturated carbocycles. The van der Waals surface area contributed by atoms with Gasteiger partial charge >= 0.3 is 5.97 Å². The number of aliphatic hydroxyl groups excluding tert-OH is 1. The smallest absolute Gasteiger partial charge is 0.337 e. The number of methoxy groups -OCH3 is 2. The van der Waals surface area contributed by atoms with Gasteiger partial charge in [0.2, 0.25) is 0 Å². The largest absolute Gasteiger partial charge is 0.507 e. The first-order valence-corrected chi connectivity index (χ1v) is 11.7. The molecule has 1 saturated heterocycles. The topological polar surface area (TPSA) is 102 Å². The van der Waals surface area contributed by atoms with Gasteiger partial charge in [-0.15, -0.1) is 0 Å². The molecule has 0 spiro atoms. The third-order valence-corrected chi connectivity index (χ3v) is 6.25. The van der Waals surface area contributed by atoms with Gasteiger partial charge in [-0.05, 0) is 61.0 Å². The molecule has 0 radical (unpaired) electrons. The maximum Gasteiger partial charge on any atom is 0.337 e. The van der Waals surface area contributed by atoms with Gasteiger partial charge in [0.25, 0.3) is 11.7 Å². The first-order valence-electron chi connectivity index (χ1n) is 11.4. The number of carbonyl (C=O) groups excluding carboxylic acids is 3. The minimum atomic E-state index is -1.02. The molecule has 1 aliphatic rings. The van der Waals surface area contributed by atoms with Gasteiger partial charge in [0.1, 0.15) is 17.3 Å². The number of hydrogen-bond donors (Lipinski definition) is 1. The Morgan fingerprint density at radius 3 is 2.35 bits per heavy atom. The van der Waals surface area contributed by atoms with Crippen molar-refractivity contribution in [3.63, 3.8) is 0 Å². The van der Waals surface area contributed by atoms with Gasteiger partial charge in [0.15, 0.2) is 0 Å². The molecule has 1 heterocycles. The Morgan fingerprint density at radius 2 is 1.70 bits per heavy atom. The third-order valence-electron chi connectivity index (χ3n) is 5.93. The van der Waals surface area contributed by atoms with E-state index in [9.17, 15) is 19.5 Å². The van der Waals surface area contributed by atoms with Crippen molar-refractivity contribution in [3.05, 3.63) is 94.0 Å². The van der Waals surface area contributed by atoms with Crippen LogP contribution in [0.4, 0.5) is 5.69 Å². The molecular formula is C28H24ClNO7. The molecule has 3 aromatic carbocycles. The summed E-state index contributed by atoms with van der Waals surface area (Å²) in [5, 5.41) is 11.6. The van der Waals surface area contributed by atoms with Crippen LogP contribution in [0, 0.1) is 0 Å². The van der Waals surface area contributed by atoms with Crippen LogP contribution >= 0.6 is 11.6 Å². The van der Waals surface area contributed by atoms with Gasteiger partial charge in [-0.2, -0.15) is 0 Å². The molecule has 1 amide bonds. The maximum absolute atomic E-state index is 13.4. The summed E-state index contributed by atoms with van der Waals surface area (Å²) in [6.07, 6.45) is 0. The number of halogens is 1. The highest BCUT2D eigenvalue weighted by molar-refractivity contribution is 6.52. The number of Topliss-reactive ketones (excluding diaryl/α,β-unsaturated/α-hetero) is 1. The average Bonchev–Trinajstić information content (AvgIpc) is 3.19. The van der Waals surface area contributed by atoms with Crippen molar-refractivity contribution < 1.29 is 33.7 Å². The molecule has 0 aromatic heterocycles. The van der Waals surface area contributed by atoms with E-state index in [0.29, 0.717) is 23.7 Å². The van der Waals surface area contributed by atoms with Gasteiger partial charge in [-0.25, -0.2) is 4.79 Å². The van der Waals surface area contributed by atoms with Crippen LogP contribution in [-0.4, -0.2) is 43.6 Å². The van der Waals surface area contributed by atoms with Gasteiger partial charge in [-0.3, -0.25) is 14.5 Å². The summed E-state index contributed by atoms with van der Waals surface area (Å²) in [5.41, 5.74) is 0.991. The van der Waals surface area contributed by atoms with Gasteiger partial charge in [0, 0.05) is 11.3 Å². The fraction of sp³-hybridized carbons (Fsp3) is 0.179. The summed E-state index contributed by atoms with van der Waals surface area (Å²) >= 11 is 6.38. The van der Waals surface area contributed by atoms with Crippen LogP contribution < -0.4 is 14.4 Å². The van der Waals surface area contributed by atoms with Crippen molar-refractivity contribution in [2.75, 3.05) is 25.7 Å². The Balaban J connectivity index is 1.95. The van der Waals surface area contributed by atoms with E-state index in [1.165, 1.54) is 37.3 Å². The minimum Gasteiger partial charge on any atom is -0.507 e. The fourth-order valence-corrected chi connectivity index (χ4v) is 4.40. The first-order chi connectivity index (χ1) is 17.8. The second-order valence-electron chi connectivity index (χ2n) is 8.06. The number of nitrogens with zero attached hydrogens (tertiary/aromatic N) is 1. The molecule has 1 fully saturated rings. The van der Waals surface area contributed by atoms with Gasteiger partial charge < -0.3 is 19.3 Å². The summed E-state index contributed by atoms with van der Waals surface area (Å²) in [6, 6.07) is 16.6. The minimum absolute atomic E-state index is 0.146. The van der Waals surface area contributed by atoms with E-state index >= 15 is 0 Å². The number of ketones is 1. The lowest BCUT2D eigenvalue weighted by atomic mass is 9.95. The van der Waals surface area contributed by atoms with Crippen LogP contribution in [-0.2, 0) is 14.3 Å². The van der Waals surface area contributed by atoms with E-state index in [-0.39, 0.29) is 27.4 Å².